The fraction of sp³-hybridized carbons (Fsp3) is 0.308. The molecule has 1 amide bonds. The van der Waals surface area contributed by atoms with Crippen LogP contribution in [0.15, 0.2) is 28.6 Å². The van der Waals surface area contributed by atoms with E-state index in [0.29, 0.717) is 10.8 Å². The molecule has 0 bridgehead atoms. The molecule has 1 heterocycles. The van der Waals surface area contributed by atoms with E-state index in [1.165, 1.54) is 17.4 Å². The molecule has 0 spiro atoms. The Morgan fingerprint density at radius 2 is 2.17 bits per heavy atom. The van der Waals surface area contributed by atoms with Gasteiger partial charge in [0.15, 0.2) is 4.34 Å². The van der Waals surface area contributed by atoms with E-state index in [-0.39, 0.29) is 24.6 Å². The van der Waals surface area contributed by atoms with Crippen LogP contribution in [0, 0.1) is 10.1 Å². The van der Waals surface area contributed by atoms with Gasteiger partial charge in [-0.2, -0.15) is 0 Å². The maximum absolute atomic E-state index is 11.8. The minimum atomic E-state index is -0.462. The highest BCUT2D eigenvalue weighted by molar-refractivity contribution is 8.01. The molecule has 1 aromatic carbocycles. The van der Waals surface area contributed by atoms with Crippen molar-refractivity contribution in [3.63, 3.8) is 0 Å². The van der Waals surface area contributed by atoms with Crippen molar-refractivity contribution < 1.29 is 9.72 Å². The van der Waals surface area contributed by atoms with Crippen LogP contribution in [0.25, 0.3) is 0 Å². The number of hydrogen-bond acceptors (Lipinski definition) is 8. The van der Waals surface area contributed by atoms with Crippen molar-refractivity contribution in [3.8, 4) is 0 Å². The van der Waals surface area contributed by atoms with Crippen molar-refractivity contribution >= 4 is 45.5 Å². The number of nitrogens with one attached hydrogen (secondary N) is 2. The van der Waals surface area contributed by atoms with Gasteiger partial charge in [0.1, 0.15) is 5.69 Å². The predicted octanol–water partition coefficient (Wildman–Crippen LogP) is 3.00. The summed E-state index contributed by atoms with van der Waals surface area (Å²) in [6, 6.07) is 6.31. The van der Waals surface area contributed by atoms with E-state index in [9.17, 15) is 14.9 Å². The fourth-order valence-corrected chi connectivity index (χ4v) is 3.38. The third kappa shape index (κ3) is 5.18. The lowest BCUT2D eigenvalue weighted by Crippen LogP contribution is -2.16. The largest absolute Gasteiger partial charge is 0.379 e. The number of rotatable bonds is 8. The lowest BCUT2D eigenvalue weighted by molar-refractivity contribution is -0.384. The van der Waals surface area contributed by atoms with Gasteiger partial charge in [0.2, 0.25) is 11.0 Å². The summed E-state index contributed by atoms with van der Waals surface area (Å²) in [5.41, 5.74) is 0.376. The summed E-state index contributed by atoms with van der Waals surface area (Å²) < 4.78 is 0.806. The highest BCUT2D eigenvalue weighted by atomic mass is 32.2. The number of carbonyl (C=O) groups is 1. The maximum Gasteiger partial charge on any atom is 0.292 e. The molecule has 1 aromatic heterocycles. The second-order valence-electron chi connectivity index (χ2n) is 4.31. The number of anilines is 2. The van der Waals surface area contributed by atoms with E-state index in [0.717, 1.165) is 10.1 Å². The SMILES string of the molecule is CCSc1nnc(NC(=O)CCNc2ccccc2[N+](=O)[O-])s1. The molecule has 2 aromatic rings. The molecule has 0 aliphatic heterocycles. The first-order valence-electron chi connectivity index (χ1n) is 6.83. The third-order valence-corrected chi connectivity index (χ3v) is 4.54. The summed E-state index contributed by atoms with van der Waals surface area (Å²) in [5, 5.41) is 24.7. The summed E-state index contributed by atoms with van der Waals surface area (Å²) in [5.74, 6) is 0.669. The van der Waals surface area contributed by atoms with E-state index in [1.54, 1.807) is 30.0 Å². The molecule has 0 unspecified atom stereocenters. The molecular formula is C13H15N5O3S2. The number of aromatic nitrogens is 2. The molecule has 0 aliphatic carbocycles. The molecule has 0 radical (unpaired) electrons. The van der Waals surface area contributed by atoms with Gasteiger partial charge in [0.05, 0.1) is 4.92 Å². The van der Waals surface area contributed by atoms with Crippen LogP contribution >= 0.6 is 23.1 Å². The van der Waals surface area contributed by atoms with Crippen LogP contribution in [0.1, 0.15) is 13.3 Å². The van der Waals surface area contributed by atoms with E-state index >= 15 is 0 Å². The van der Waals surface area contributed by atoms with E-state index in [4.69, 9.17) is 0 Å². The summed E-state index contributed by atoms with van der Waals surface area (Å²) in [7, 11) is 0. The van der Waals surface area contributed by atoms with Gasteiger partial charge in [-0.1, -0.05) is 42.2 Å². The Labute approximate surface area is 140 Å². The Morgan fingerprint density at radius 3 is 2.91 bits per heavy atom. The molecule has 23 heavy (non-hydrogen) atoms. The molecule has 2 rings (SSSR count). The first-order chi connectivity index (χ1) is 11.1. The van der Waals surface area contributed by atoms with Crippen LogP contribution in [-0.2, 0) is 4.79 Å². The monoisotopic (exact) mass is 353 g/mol. The Bertz CT molecular complexity index is 692. The van der Waals surface area contributed by atoms with E-state index in [1.807, 2.05) is 6.92 Å². The van der Waals surface area contributed by atoms with Crippen molar-refractivity contribution in [2.75, 3.05) is 22.9 Å². The fourth-order valence-electron chi connectivity index (χ4n) is 1.72. The van der Waals surface area contributed by atoms with Crippen molar-refractivity contribution in [3.05, 3.63) is 34.4 Å². The molecule has 10 heteroatoms. The average Bonchev–Trinajstić information content (AvgIpc) is 2.95. The summed E-state index contributed by atoms with van der Waals surface area (Å²) in [4.78, 5) is 22.3. The molecule has 0 fully saturated rings. The number of thioether (sulfide) groups is 1. The molecule has 8 nitrogen and oxygen atoms in total. The standard InChI is InChI=1S/C13H15N5O3S2/c1-2-22-13-17-16-12(23-13)15-11(19)7-8-14-9-5-3-4-6-10(9)18(20)21/h3-6,14H,2,7-8H2,1H3,(H,15,16,19). The maximum atomic E-state index is 11.8. The quantitative estimate of drug-likeness (QED) is 0.325. The number of benzene rings is 1. The average molecular weight is 353 g/mol. The summed E-state index contributed by atoms with van der Waals surface area (Å²) in [6.07, 6.45) is 0.169. The van der Waals surface area contributed by atoms with Crippen molar-refractivity contribution in [1.82, 2.24) is 10.2 Å². The minimum Gasteiger partial charge on any atom is -0.379 e. The van der Waals surface area contributed by atoms with Gasteiger partial charge in [0.25, 0.3) is 5.69 Å². The number of nitrogens with zero attached hydrogens (tertiary/aromatic N) is 3. The van der Waals surface area contributed by atoms with Crippen LogP contribution in [0.3, 0.4) is 0 Å². The first-order valence-corrected chi connectivity index (χ1v) is 8.63. The Balaban J connectivity index is 1.82. The van der Waals surface area contributed by atoms with Gasteiger partial charge in [-0.15, -0.1) is 10.2 Å². The molecule has 0 saturated heterocycles. The van der Waals surface area contributed by atoms with Gasteiger partial charge in [0, 0.05) is 19.0 Å². The van der Waals surface area contributed by atoms with Crippen molar-refractivity contribution in [1.29, 1.82) is 0 Å². The normalized spacial score (nSPS) is 10.3. The van der Waals surface area contributed by atoms with Crippen LogP contribution in [0.4, 0.5) is 16.5 Å². The smallest absolute Gasteiger partial charge is 0.292 e. The topological polar surface area (TPSA) is 110 Å². The van der Waals surface area contributed by atoms with Crippen LogP contribution < -0.4 is 10.6 Å². The van der Waals surface area contributed by atoms with Crippen molar-refractivity contribution in [2.45, 2.75) is 17.7 Å². The van der Waals surface area contributed by atoms with E-state index in [2.05, 4.69) is 20.8 Å². The Morgan fingerprint density at radius 1 is 1.39 bits per heavy atom. The molecule has 122 valence electrons. The van der Waals surface area contributed by atoms with Gasteiger partial charge < -0.3 is 10.6 Å². The molecule has 0 atom stereocenters. The molecule has 2 N–H and O–H groups in total. The second-order valence-corrected chi connectivity index (χ2v) is 6.79. The highest BCUT2D eigenvalue weighted by Crippen LogP contribution is 2.25. The number of para-hydroxylation sites is 2. The minimum absolute atomic E-state index is 0.0155. The van der Waals surface area contributed by atoms with Crippen molar-refractivity contribution in [2.24, 2.45) is 0 Å². The summed E-state index contributed by atoms with van der Waals surface area (Å²) in [6.45, 7) is 2.30. The van der Waals surface area contributed by atoms with Gasteiger partial charge in [-0.25, -0.2) is 0 Å². The van der Waals surface area contributed by atoms with E-state index < -0.39 is 4.92 Å². The Hall–Kier alpha value is -2.20. The predicted molar refractivity (Wildman–Crippen MR) is 91.1 cm³/mol. The van der Waals surface area contributed by atoms with Crippen LogP contribution in [0.2, 0.25) is 0 Å². The highest BCUT2D eigenvalue weighted by Gasteiger charge is 2.12. The zero-order valence-corrected chi connectivity index (χ0v) is 13.9. The van der Waals surface area contributed by atoms with Gasteiger partial charge >= 0.3 is 0 Å². The van der Waals surface area contributed by atoms with Gasteiger partial charge in [-0.05, 0) is 11.8 Å². The lowest BCUT2D eigenvalue weighted by atomic mass is 10.2. The molecule has 0 saturated carbocycles. The zero-order valence-electron chi connectivity index (χ0n) is 12.3. The van der Waals surface area contributed by atoms with Gasteiger partial charge in [-0.3, -0.25) is 14.9 Å². The summed E-state index contributed by atoms with van der Waals surface area (Å²) >= 11 is 2.88. The lowest BCUT2D eigenvalue weighted by Gasteiger charge is -2.06. The van der Waals surface area contributed by atoms with Crippen LogP contribution in [0.5, 0.6) is 0 Å². The molecular weight excluding hydrogens is 338 g/mol. The number of nitro groups is 1. The third-order valence-electron chi connectivity index (χ3n) is 2.69. The number of carbonyl (C=O) groups excluding carboxylic acids is 1. The number of nitro benzene ring substituents is 1. The Kier molecular flexibility index (Phi) is 6.29. The number of amides is 1. The second kappa shape index (κ2) is 8.44. The number of hydrogen-bond donors (Lipinski definition) is 2. The van der Waals surface area contributed by atoms with Crippen LogP contribution in [-0.4, -0.2) is 33.3 Å². The first kappa shape index (κ1) is 17.2. The molecule has 0 aliphatic rings. The zero-order chi connectivity index (χ0) is 16.7.